The first-order valence-electron chi connectivity index (χ1n) is 26.1. The minimum Gasteiger partial charge on any atom is -0.481 e. The molecule has 28 nitrogen and oxygen atoms in total. The van der Waals surface area contributed by atoms with Crippen LogP contribution in [0.5, 0.6) is 0 Å². The summed E-state index contributed by atoms with van der Waals surface area (Å²) >= 11 is 0. The number of H-pyrrole nitrogens is 1. The number of carbonyl (C=O) groups excluding carboxylic acids is 9. The number of aliphatic hydroxyl groups is 1. The van der Waals surface area contributed by atoms with E-state index < -0.39 is 138 Å². The average Bonchev–Trinajstić information content (AvgIpc) is 3.76. The number of para-hydroxylation sites is 1. The average molecular weight is 1120 g/mol. The van der Waals surface area contributed by atoms with Gasteiger partial charge in [-0.15, -0.1) is 0 Å². The summed E-state index contributed by atoms with van der Waals surface area (Å²) in [6, 6.07) is -6.22. The summed E-state index contributed by atoms with van der Waals surface area (Å²) in [5.74, 6) is -12.2. The van der Waals surface area contributed by atoms with Crippen molar-refractivity contribution in [2.24, 2.45) is 45.7 Å². The number of rotatable bonds is 35. The van der Waals surface area contributed by atoms with Crippen LogP contribution >= 0.6 is 0 Å². The van der Waals surface area contributed by atoms with Crippen LogP contribution in [0, 0.1) is 17.8 Å². The van der Waals surface area contributed by atoms with Crippen molar-refractivity contribution < 1.29 is 68.1 Å². The van der Waals surface area contributed by atoms with Crippen LogP contribution in [0.15, 0.2) is 35.5 Å². The van der Waals surface area contributed by atoms with Gasteiger partial charge < -0.3 is 85.8 Å². The molecule has 0 fully saturated rings. The van der Waals surface area contributed by atoms with Gasteiger partial charge in [-0.2, -0.15) is 0 Å². The topological polar surface area (TPSA) is 477 Å². The Bertz CT molecular complexity index is 2480. The predicted octanol–water partition coefficient (Wildman–Crippen LogP) is -2.67. The van der Waals surface area contributed by atoms with Crippen molar-refractivity contribution in [3.63, 3.8) is 0 Å². The molecular weight excluding hydrogens is 1030 g/mol. The van der Waals surface area contributed by atoms with Crippen LogP contribution in [0.25, 0.3) is 10.9 Å². The highest BCUT2D eigenvalue weighted by Crippen LogP contribution is 2.20. The normalized spacial score (nSPS) is 15.1. The van der Waals surface area contributed by atoms with Crippen LogP contribution in [-0.4, -0.2) is 158 Å². The maximum absolute atomic E-state index is 13.9. The Morgan fingerprint density at radius 2 is 1.05 bits per heavy atom. The predicted molar refractivity (Wildman–Crippen MR) is 289 cm³/mol. The van der Waals surface area contributed by atoms with Gasteiger partial charge in [0.25, 0.3) is 0 Å². The molecule has 28 heteroatoms. The molecule has 440 valence electrons. The number of carbonyl (C=O) groups is 11. The van der Waals surface area contributed by atoms with Crippen molar-refractivity contribution in [2.45, 2.75) is 174 Å². The summed E-state index contributed by atoms with van der Waals surface area (Å²) in [5, 5.41) is 50.7. The number of carboxylic acid groups (broad SMARTS) is 2. The van der Waals surface area contributed by atoms with Crippen LogP contribution < -0.4 is 65.5 Å². The highest BCUT2D eigenvalue weighted by atomic mass is 16.4. The van der Waals surface area contributed by atoms with Gasteiger partial charge in [-0.1, -0.05) is 59.7 Å². The Kier molecular flexibility index (Phi) is 27.9. The third-order valence-corrected chi connectivity index (χ3v) is 12.2. The number of guanidine groups is 1. The Morgan fingerprint density at radius 3 is 1.57 bits per heavy atom. The van der Waals surface area contributed by atoms with Gasteiger partial charge in [0.05, 0.1) is 18.6 Å². The summed E-state index contributed by atoms with van der Waals surface area (Å²) in [6.07, 6.45) is -1.67. The van der Waals surface area contributed by atoms with Crippen LogP contribution in [0.1, 0.15) is 112 Å². The van der Waals surface area contributed by atoms with Crippen molar-refractivity contribution in [2.75, 3.05) is 6.54 Å². The highest BCUT2D eigenvalue weighted by Gasteiger charge is 2.36. The van der Waals surface area contributed by atoms with E-state index in [0.29, 0.717) is 17.4 Å². The van der Waals surface area contributed by atoms with Crippen LogP contribution in [0.4, 0.5) is 0 Å². The Balaban J connectivity index is 2.31. The van der Waals surface area contributed by atoms with Gasteiger partial charge in [-0.3, -0.25) is 52.9 Å². The van der Waals surface area contributed by atoms with E-state index in [1.165, 1.54) is 0 Å². The minimum atomic E-state index is -1.90. The fraction of sp³-hybridized carbons (Fsp3) is 0.608. The molecule has 1 aromatic carbocycles. The molecule has 0 spiro atoms. The number of carboxylic acids is 2. The molecule has 1 heterocycles. The number of nitrogens with zero attached hydrogens (tertiary/aromatic N) is 1. The number of aliphatic carboxylic acids is 2. The second-order valence-electron chi connectivity index (χ2n) is 20.8. The molecule has 0 saturated carbocycles. The van der Waals surface area contributed by atoms with Gasteiger partial charge in [0.1, 0.15) is 48.3 Å². The van der Waals surface area contributed by atoms with Crippen molar-refractivity contribution in [1.82, 2.24) is 47.5 Å². The number of aromatic nitrogens is 1. The summed E-state index contributed by atoms with van der Waals surface area (Å²) < 4.78 is 0. The first-order valence-corrected chi connectivity index (χ1v) is 26.1. The molecule has 0 unspecified atom stereocenters. The van der Waals surface area contributed by atoms with Crippen molar-refractivity contribution in [3.05, 3.63) is 36.0 Å². The number of benzene rings is 1. The number of aliphatic hydroxyl groups excluding tert-OH is 1. The summed E-state index contributed by atoms with van der Waals surface area (Å²) in [7, 11) is 0. The third-order valence-electron chi connectivity index (χ3n) is 12.2. The fourth-order valence-corrected chi connectivity index (χ4v) is 8.15. The van der Waals surface area contributed by atoms with E-state index in [1.807, 2.05) is 27.7 Å². The minimum absolute atomic E-state index is 0.0276. The van der Waals surface area contributed by atoms with E-state index in [1.54, 1.807) is 44.3 Å². The molecule has 0 aliphatic rings. The number of nitrogens with two attached hydrogens (primary N) is 4. The number of amides is 9. The lowest BCUT2D eigenvalue weighted by Crippen LogP contribution is -2.61. The Hall–Kier alpha value is -7.88. The summed E-state index contributed by atoms with van der Waals surface area (Å²) in [4.78, 5) is 153. The summed E-state index contributed by atoms with van der Waals surface area (Å²) in [5.41, 5.74) is 23.6. The van der Waals surface area contributed by atoms with E-state index in [4.69, 9.17) is 22.9 Å². The molecule has 0 radical (unpaired) electrons. The molecule has 79 heavy (non-hydrogen) atoms. The van der Waals surface area contributed by atoms with Gasteiger partial charge >= 0.3 is 11.9 Å². The zero-order valence-corrected chi connectivity index (χ0v) is 46.1. The molecule has 1 aromatic heterocycles. The number of nitrogens with one attached hydrogen (secondary N) is 9. The maximum atomic E-state index is 13.9. The van der Waals surface area contributed by atoms with E-state index >= 15 is 0 Å². The molecule has 2 aromatic rings. The molecule has 9 amide bonds. The van der Waals surface area contributed by atoms with E-state index in [0.717, 1.165) is 19.4 Å². The van der Waals surface area contributed by atoms with Gasteiger partial charge in [0, 0.05) is 36.5 Å². The third kappa shape index (κ3) is 24.1. The lowest BCUT2D eigenvalue weighted by atomic mass is 10.00. The van der Waals surface area contributed by atoms with Gasteiger partial charge in [0.15, 0.2) is 5.96 Å². The standard InChI is InChI=1S/C51H82N14O14/c1-24(2)18-31(52)43(71)62-35(19-25(3)4)46(74)59-33(14-11-17-56-51(54)55)45(73)65-41(28(8)66)49(77)58-27(7)42(70)61-37(22-40(68)69)48(76)63-36(20-26(5)6)47(75)60-34(15-16-39(53)67)44(72)64-38(50(78)79)21-29-23-57-32-13-10-9-12-30(29)32/h9-10,12-13,23-28,31,33-38,41,57,66H,11,14-22,52H2,1-8H3,(H2,53,67)(H,58,77)(H,59,74)(H,60,75)(H,61,70)(H,62,71)(H,63,76)(H,64,72)(H,65,73)(H,68,69)(H,78,79)(H4,54,55,56)/t27-,28+,31-,33-,34-,35-,36-,37-,38-,41-/m0/s1. The molecule has 0 saturated heterocycles. The summed E-state index contributed by atoms with van der Waals surface area (Å²) in [6.45, 7) is 13.1. The van der Waals surface area contributed by atoms with E-state index in [-0.39, 0.29) is 68.8 Å². The number of hydrogen-bond acceptors (Lipinski definition) is 14. The van der Waals surface area contributed by atoms with Crippen molar-refractivity contribution in [3.8, 4) is 0 Å². The molecular formula is C51H82N14O14. The smallest absolute Gasteiger partial charge is 0.326 e. The van der Waals surface area contributed by atoms with Gasteiger partial charge in [-0.25, -0.2) is 4.79 Å². The van der Waals surface area contributed by atoms with Crippen molar-refractivity contribution in [1.29, 1.82) is 0 Å². The van der Waals surface area contributed by atoms with E-state index in [9.17, 15) is 68.1 Å². The molecule has 2 rings (SSSR count). The van der Waals surface area contributed by atoms with Crippen LogP contribution in [-0.2, 0) is 59.2 Å². The van der Waals surface area contributed by atoms with Crippen LogP contribution in [0.3, 0.4) is 0 Å². The second-order valence-corrected chi connectivity index (χ2v) is 20.8. The molecule has 0 aliphatic carbocycles. The van der Waals surface area contributed by atoms with E-state index in [2.05, 4.69) is 52.5 Å². The maximum Gasteiger partial charge on any atom is 0.326 e. The molecule has 10 atom stereocenters. The second kappa shape index (κ2) is 32.8. The van der Waals surface area contributed by atoms with Gasteiger partial charge in [-0.05, 0) is 81.8 Å². The van der Waals surface area contributed by atoms with Crippen molar-refractivity contribution >= 4 is 82.0 Å². The quantitative estimate of drug-likeness (QED) is 0.0190. The number of aliphatic imine (C=N–C) groups is 1. The Labute approximate surface area is 458 Å². The number of fused-ring (bicyclic) bond motifs is 1. The lowest BCUT2D eigenvalue weighted by Gasteiger charge is -2.28. The lowest BCUT2D eigenvalue weighted by molar-refractivity contribution is -0.142. The fourth-order valence-electron chi connectivity index (χ4n) is 8.15. The van der Waals surface area contributed by atoms with Gasteiger partial charge in [0.2, 0.25) is 53.2 Å². The number of hydrogen-bond donors (Lipinski definition) is 16. The SMILES string of the molecule is CC(C)C[C@H](NC(=O)[C@H](CC(=O)O)NC(=O)[C@H](C)NC(=O)[C@@H](NC(=O)[C@H](CCCN=C(N)N)NC(=O)[C@H](CC(C)C)NC(=O)[C@@H](N)CC(C)C)[C@@H](C)O)C(=O)N[C@@H](CCC(N)=O)C(=O)N[C@@H](Cc1c[nH]c2ccccc12)C(=O)O. The zero-order chi connectivity index (χ0) is 59.8. The van der Waals surface area contributed by atoms with Crippen LogP contribution in [0.2, 0.25) is 0 Å². The molecule has 0 aliphatic heterocycles. The molecule has 20 N–H and O–H groups in total. The monoisotopic (exact) mass is 1110 g/mol. The highest BCUT2D eigenvalue weighted by molar-refractivity contribution is 5.99. The number of aromatic amines is 1. The molecule has 0 bridgehead atoms. The first-order chi connectivity index (χ1) is 36.9. The zero-order valence-electron chi connectivity index (χ0n) is 46.1. The number of primary amides is 1. The largest absolute Gasteiger partial charge is 0.481 e. The Morgan fingerprint density at radius 1 is 0.570 bits per heavy atom. The first kappa shape index (κ1) is 67.2.